The molecule has 11 heteroatoms. The van der Waals surface area contributed by atoms with Crippen molar-refractivity contribution in [1.82, 2.24) is 15.1 Å². The molecule has 2 aliphatic heterocycles. The second kappa shape index (κ2) is 11.1. The molecular weight excluding hydrogens is 416 g/mol. The topological polar surface area (TPSA) is 133 Å². The summed E-state index contributed by atoms with van der Waals surface area (Å²) >= 11 is 5.59. The van der Waals surface area contributed by atoms with E-state index in [2.05, 4.69) is 17.9 Å². The Morgan fingerprint density at radius 2 is 1.72 bits per heavy atom. The van der Waals surface area contributed by atoms with Gasteiger partial charge in [0.05, 0.1) is 6.04 Å². The highest BCUT2D eigenvalue weighted by Gasteiger charge is 2.40. The van der Waals surface area contributed by atoms with Gasteiger partial charge in [-0.3, -0.25) is 14.4 Å². The number of rotatable bonds is 9. The number of carbonyl (C=O) groups excluding carboxylic acids is 3. The van der Waals surface area contributed by atoms with E-state index in [4.69, 9.17) is 5.73 Å². The molecule has 0 aliphatic carbocycles. The lowest BCUT2D eigenvalue weighted by molar-refractivity contribution is -0.149. The molecule has 0 radical (unpaired) electrons. The number of nitrogens with one attached hydrogen (secondary N) is 1. The fraction of sp³-hybridized carbons (Fsp3) is 0.778. The summed E-state index contributed by atoms with van der Waals surface area (Å²) < 4.78 is 0. The standard InChI is InChI=1S/C18H30N4O5S2/c1-29-9-6-12(17(25)22-8-3-5-14(22)18(26)27)20-15(23)13-4-2-7-21(13)16(24)11(19)10-28/h11-14,28H,2-10,19H2,1H3,(H,20,23)(H,26,27). The smallest absolute Gasteiger partial charge is 0.326 e. The van der Waals surface area contributed by atoms with Crippen LogP contribution >= 0.6 is 24.4 Å². The largest absolute Gasteiger partial charge is 0.480 e. The first-order chi connectivity index (χ1) is 13.8. The summed E-state index contributed by atoms with van der Waals surface area (Å²) in [7, 11) is 0. The number of carbonyl (C=O) groups is 4. The number of carboxylic acids is 1. The quantitative estimate of drug-likeness (QED) is 0.353. The molecule has 4 atom stereocenters. The number of aliphatic carboxylic acids is 1. The SMILES string of the molecule is CSCCC(NC(=O)C1CCCN1C(=O)C(N)CS)C(=O)N1CCCC1C(=O)O. The zero-order chi connectivity index (χ0) is 21.6. The van der Waals surface area contributed by atoms with Crippen molar-refractivity contribution in [1.29, 1.82) is 0 Å². The highest BCUT2D eigenvalue weighted by atomic mass is 32.2. The number of likely N-dealkylation sites (tertiary alicyclic amines) is 2. The van der Waals surface area contributed by atoms with Crippen LogP contribution in [-0.4, -0.2) is 93.6 Å². The van der Waals surface area contributed by atoms with E-state index >= 15 is 0 Å². The molecule has 0 spiro atoms. The number of hydrogen-bond acceptors (Lipinski definition) is 7. The van der Waals surface area contributed by atoms with Gasteiger partial charge in [0.25, 0.3) is 0 Å². The van der Waals surface area contributed by atoms with Crippen LogP contribution in [0.3, 0.4) is 0 Å². The fourth-order valence-corrected chi connectivity index (χ4v) is 4.47. The second-order valence-corrected chi connectivity index (χ2v) is 8.70. The maximum Gasteiger partial charge on any atom is 0.326 e. The molecule has 4 N–H and O–H groups in total. The Balaban J connectivity index is 2.10. The van der Waals surface area contributed by atoms with Crippen LogP contribution in [0.5, 0.6) is 0 Å². The number of amides is 3. The molecule has 0 aromatic carbocycles. The molecule has 2 saturated heterocycles. The number of nitrogens with two attached hydrogens (primary N) is 1. The molecule has 164 valence electrons. The maximum atomic E-state index is 13.0. The van der Waals surface area contributed by atoms with Gasteiger partial charge in [0, 0.05) is 18.8 Å². The molecule has 2 fully saturated rings. The molecule has 2 aliphatic rings. The van der Waals surface area contributed by atoms with Gasteiger partial charge in [0.1, 0.15) is 18.1 Å². The van der Waals surface area contributed by atoms with Crippen LogP contribution in [0.15, 0.2) is 0 Å². The number of thiol groups is 1. The summed E-state index contributed by atoms with van der Waals surface area (Å²) in [5, 5.41) is 12.1. The summed E-state index contributed by atoms with van der Waals surface area (Å²) in [5.74, 6) is -1.30. The zero-order valence-electron chi connectivity index (χ0n) is 16.6. The average Bonchev–Trinajstić information content (AvgIpc) is 3.38. The van der Waals surface area contributed by atoms with E-state index in [9.17, 15) is 24.3 Å². The average molecular weight is 447 g/mol. The Bertz CT molecular complexity index is 635. The van der Waals surface area contributed by atoms with E-state index in [1.165, 1.54) is 9.80 Å². The Kier molecular flexibility index (Phi) is 9.09. The van der Waals surface area contributed by atoms with E-state index in [1.807, 2.05) is 6.26 Å². The van der Waals surface area contributed by atoms with E-state index < -0.39 is 36.0 Å². The van der Waals surface area contributed by atoms with Crippen LogP contribution < -0.4 is 11.1 Å². The fourth-order valence-electron chi connectivity index (χ4n) is 3.84. The van der Waals surface area contributed by atoms with Gasteiger partial charge in [0.2, 0.25) is 17.7 Å². The van der Waals surface area contributed by atoms with Crippen molar-refractivity contribution in [3.63, 3.8) is 0 Å². The minimum atomic E-state index is -1.03. The van der Waals surface area contributed by atoms with Crippen molar-refractivity contribution in [3.8, 4) is 0 Å². The van der Waals surface area contributed by atoms with Crippen LogP contribution in [0.1, 0.15) is 32.1 Å². The minimum Gasteiger partial charge on any atom is -0.480 e. The molecule has 3 amide bonds. The van der Waals surface area contributed by atoms with Crippen LogP contribution in [0.25, 0.3) is 0 Å². The maximum absolute atomic E-state index is 13.0. The minimum absolute atomic E-state index is 0.185. The molecule has 0 aromatic rings. The number of thioether (sulfide) groups is 1. The second-order valence-electron chi connectivity index (χ2n) is 7.35. The number of nitrogens with zero attached hydrogens (tertiary/aromatic N) is 2. The summed E-state index contributed by atoms with van der Waals surface area (Å²) in [6.45, 7) is 0.807. The predicted octanol–water partition coefficient (Wildman–Crippen LogP) is -0.452. The summed E-state index contributed by atoms with van der Waals surface area (Å²) in [6.07, 6.45) is 4.51. The Labute approximate surface area is 180 Å². The van der Waals surface area contributed by atoms with Crippen molar-refractivity contribution in [3.05, 3.63) is 0 Å². The summed E-state index contributed by atoms with van der Waals surface area (Å²) in [5.41, 5.74) is 5.78. The van der Waals surface area contributed by atoms with Crippen LogP contribution in [-0.2, 0) is 19.2 Å². The van der Waals surface area contributed by atoms with Gasteiger partial charge in [-0.1, -0.05) is 0 Å². The normalized spacial score (nSPS) is 23.7. The van der Waals surface area contributed by atoms with Gasteiger partial charge < -0.3 is 26.0 Å². The van der Waals surface area contributed by atoms with Gasteiger partial charge in [0.15, 0.2) is 0 Å². The Morgan fingerprint density at radius 1 is 1.14 bits per heavy atom. The molecule has 0 bridgehead atoms. The number of carboxylic acid groups (broad SMARTS) is 1. The van der Waals surface area contributed by atoms with Crippen molar-refractivity contribution in [2.45, 2.75) is 56.3 Å². The highest BCUT2D eigenvalue weighted by Crippen LogP contribution is 2.22. The molecule has 4 unspecified atom stereocenters. The van der Waals surface area contributed by atoms with E-state index in [0.29, 0.717) is 50.9 Å². The first-order valence-corrected chi connectivity index (χ1v) is 11.8. The zero-order valence-corrected chi connectivity index (χ0v) is 18.3. The predicted molar refractivity (Wildman–Crippen MR) is 114 cm³/mol. The van der Waals surface area contributed by atoms with E-state index in [1.54, 1.807) is 11.8 Å². The van der Waals surface area contributed by atoms with Crippen molar-refractivity contribution >= 4 is 48.1 Å². The summed E-state index contributed by atoms with van der Waals surface area (Å²) in [4.78, 5) is 52.6. The van der Waals surface area contributed by atoms with Crippen molar-refractivity contribution in [2.75, 3.05) is 30.9 Å². The summed E-state index contributed by atoms with van der Waals surface area (Å²) in [6, 6.07) is -3.12. The number of hydrogen-bond donors (Lipinski definition) is 4. The molecular formula is C18H30N4O5S2. The molecule has 0 saturated carbocycles. The third kappa shape index (κ3) is 5.79. The molecule has 2 heterocycles. The van der Waals surface area contributed by atoms with Gasteiger partial charge in [-0.15, -0.1) is 0 Å². The van der Waals surface area contributed by atoms with Crippen molar-refractivity contribution in [2.24, 2.45) is 5.73 Å². The van der Waals surface area contributed by atoms with Crippen LogP contribution in [0.4, 0.5) is 0 Å². The van der Waals surface area contributed by atoms with Crippen LogP contribution in [0.2, 0.25) is 0 Å². The molecule has 9 nitrogen and oxygen atoms in total. The first kappa shape index (κ1) is 23.8. The molecule has 0 aromatic heterocycles. The van der Waals surface area contributed by atoms with Gasteiger partial charge in [-0.25, -0.2) is 4.79 Å². The van der Waals surface area contributed by atoms with Gasteiger partial charge >= 0.3 is 5.97 Å². The van der Waals surface area contributed by atoms with E-state index in [0.717, 1.165) is 0 Å². The lowest BCUT2D eigenvalue weighted by Crippen LogP contribution is -2.57. The lowest BCUT2D eigenvalue weighted by Gasteiger charge is -2.30. The molecule has 2 rings (SSSR count). The lowest BCUT2D eigenvalue weighted by atomic mass is 10.1. The van der Waals surface area contributed by atoms with Crippen molar-refractivity contribution < 1.29 is 24.3 Å². The Morgan fingerprint density at radius 3 is 2.28 bits per heavy atom. The first-order valence-electron chi connectivity index (χ1n) is 9.81. The van der Waals surface area contributed by atoms with E-state index in [-0.39, 0.29) is 17.6 Å². The highest BCUT2D eigenvalue weighted by molar-refractivity contribution is 7.98. The Hall–Kier alpha value is -1.46. The van der Waals surface area contributed by atoms with Gasteiger partial charge in [-0.2, -0.15) is 24.4 Å². The molecule has 29 heavy (non-hydrogen) atoms. The third-order valence-electron chi connectivity index (χ3n) is 5.40. The monoisotopic (exact) mass is 446 g/mol. The van der Waals surface area contributed by atoms with Crippen LogP contribution in [0, 0.1) is 0 Å². The third-order valence-corrected chi connectivity index (χ3v) is 6.44. The van der Waals surface area contributed by atoms with Gasteiger partial charge in [-0.05, 0) is 44.1 Å².